The second-order valence-corrected chi connectivity index (χ2v) is 6.38. The van der Waals surface area contributed by atoms with Crippen LogP contribution < -0.4 is 5.32 Å². The van der Waals surface area contributed by atoms with E-state index in [1.165, 1.54) is 0 Å². The molecule has 18 heavy (non-hydrogen) atoms. The molecular weight excluding hydrogens is 247 g/mol. The van der Waals surface area contributed by atoms with E-state index in [-0.39, 0.29) is 17.4 Å². The monoisotopic (exact) mass is 266 g/mol. The first-order valence-electron chi connectivity index (χ1n) is 6.12. The maximum absolute atomic E-state index is 13.5. The molecule has 1 aliphatic heterocycles. The highest BCUT2D eigenvalue weighted by molar-refractivity contribution is 8.14. The van der Waals surface area contributed by atoms with Crippen LogP contribution in [-0.2, 0) is 0 Å². The molecule has 1 fully saturated rings. The van der Waals surface area contributed by atoms with E-state index in [9.17, 15) is 4.39 Å². The number of benzene rings is 1. The molecule has 0 bridgehead atoms. The Kier molecular flexibility index (Phi) is 3.66. The summed E-state index contributed by atoms with van der Waals surface area (Å²) in [6.07, 6.45) is 0. The maximum Gasteiger partial charge on any atom is 0.157 e. The van der Waals surface area contributed by atoms with Crippen LogP contribution in [0.15, 0.2) is 23.2 Å². The molecule has 1 aromatic rings. The van der Waals surface area contributed by atoms with Gasteiger partial charge in [-0.15, -0.1) is 0 Å². The number of nitrogens with one attached hydrogen (secondary N) is 1. The van der Waals surface area contributed by atoms with Crippen molar-refractivity contribution in [1.82, 2.24) is 5.32 Å². The summed E-state index contributed by atoms with van der Waals surface area (Å²) in [6.45, 7) is 8.06. The molecule has 1 unspecified atom stereocenters. The van der Waals surface area contributed by atoms with Crippen molar-refractivity contribution in [2.45, 2.75) is 39.3 Å². The molecule has 1 aliphatic rings. The summed E-state index contributed by atoms with van der Waals surface area (Å²) < 4.78 is 13.5. The molecule has 98 valence electrons. The van der Waals surface area contributed by atoms with Crippen molar-refractivity contribution >= 4 is 16.9 Å². The topological polar surface area (TPSA) is 24.4 Å². The lowest BCUT2D eigenvalue weighted by molar-refractivity contribution is 0.535. The van der Waals surface area contributed by atoms with E-state index in [1.807, 2.05) is 13.0 Å². The predicted octanol–water partition coefficient (Wildman–Crippen LogP) is 3.67. The van der Waals surface area contributed by atoms with E-state index in [2.05, 4.69) is 24.2 Å². The molecule has 1 atom stereocenters. The minimum atomic E-state index is -0.160. The third-order valence-electron chi connectivity index (χ3n) is 3.00. The smallest absolute Gasteiger partial charge is 0.157 e. The van der Waals surface area contributed by atoms with Crippen molar-refractivity contribution in [3.8, 4) is 0 Å². The minimum absolute atomic E-state index is 0.0241. The van der Waals surface area contributed by atoms with Crippen molar-refractivity contribution in [2.75, 3.05) is 5.75 Å². The summed E-state index contributed by atoms with van der Waals surface area (Å²) in [4.78, 5) is 4.61. The fraction of sp³-hybridized carbons (Fsp3) is 0.500. The average molecular weight is 266 g/mol. The van der Waals surface area contributed by atoms with Crippen LogP contribution in [0.5, 0.6) is 0 Å². The summed E-state index contributed by atoms with van der Waals surface area (Å²) in [5, 5.41) is 4.33. The van der Waals surface area contributed by atoms with Gasteiger partial charge in [0, 0.05) is 11.3 Å². The lowest BCUT2D eigenvalue weighted by Gasteiger charge is -2.16. The summed E-state index contributed by atoms with van der Waals surface area (Å²) >= 11 is 1.72. The van der Waals surface area contributed by atoms with Gasteiger partial charge >= 0.3 is 0 Å². The van der Waals surface area contributed by atoms with Crippen molar-refractivity contribution in [3.63, 3.8) is 0 Å². The van der Waals surface area contributed by atoms with Crippen LogP contribution in [0.4, 0.5) is 4.39 Å². The quantitative estimate of drug-likeness (QED) is 0.883. The zero-order chi connectivity index (χ0) is 13.3. The molecule has 0 aliphatic carbocycles. The number of aliphatic imine (C=N–C) groups is 1. The van der Waals surface area contributed by atoms with Crippen molar-refractivity contribution in [3.05, 3.63) is 35.1 Å². The first-order valence-corrected chi connectivity index (χ1v) is 7.11. The number of halogens is 1. The molecule has 0 radical (unpaired) electrons. The standard InChI is InChI=1S/C14H19FN2S/c1-9-5-6-11(7-12(9)15)10(2)16-13-17-14(3,4)8-18-13/h5-7,10H,8H2,1-4H3,(H,16,17). The highest BCUT2D eigenvalue weighted by Crippen LogP contribution is 2.26. The Morgan fingerprint density at radius 2 is 2.17 bits per heavy atom. The largest absolute Gasteiger partial charge is 0.359 e. The van der Waals surface area contributed by atoms with Gasteiger partial charge in [-0.1, -0.05) is 23.9 Å². The van der Waals surface area contributed by atoms with Gasteiger partial charge in [-0.2, -0.15) is 0 Å². The van der Waals surface area contributed by atoms with Gasteiger partial charge in [0.25, 0.3) is 0 Å². The van der Waals surface area contributed by atoms with Crippen LogP contribution in [0.1, 0.15) is 37.9 Å². The molecule has 1 saturated heterocycles. The predicted molar refractivity (Wildman–Crippen MR) is 76.7 cm³/mol. The van der Waals surface area contributed by atoms with Gasteiger partial charge in [0.2, 0.25) is 0 Å². The molecule has 0 spiro atoms. The zero-order valence-corrected chi connectivity index (χ0v) is 12.1. The molecule has 1 aromatic carbocycles. The van der Waals surface area contributed by atoms with Gasteiger partial charge in [0.1, 0.15) is 5.82 Å². The lowest BCUT2D eigenvalue weighted by atomic mass is 10.1. The number of amidine groups is 1. The third-order valence-corrected chi connectivity index (χ3v) is 4.35. The van der Waals surface area contributed by atoms with E-state index < -0.39 is 0 Å². The Bertz CT molecular complexity index is 483. The Hall–Kier alpha value is -1.03. The molecule has 1 N–H and O–H groups in total. The Labute approximate surface area is 112 Å². The van der Waals surface area contributed by atoms with Crippen molar-refractivity contribution < 1.29 is 4.39 Å². The number of rotatable bonds is 2. The Morgan fingerprint density at radius 1 is 1.44 bits per heavy atom. The van der Waals surface area contributed by atoms with Crippen LogP contribution in [0.3, 0.4) is 0 Å². The number of hydrogen-bond acceptors (Lipinski definition) is 2. The lowest BCUT2D eigenvalue weighted by Crippen LogP contribution is -2.37. The fourth-order valence-corrected chi connectivity index (χ4v) is 2.95. The number of thioether (sulfide) groups is 1. The molecule has 4 heteroatoms. The van der Waals surface area contributed by atoms with Gasteiger partial charge in [0.05, 0.1) is 6.04 Å². The molecule has 1 heterocycles. The van der Waals surface area contributed by atoms with E-state index in [1.54, 1.807) is 30.8 Å². The first kappa shape index (κ1) is 13.4. The minimum Gasteiger partial charge on any atom is -0.359 e. The van der Waals surface area contributed by atoms with Gasteiger partial charge in [-0.3, -0.25) is 4.99 Å². The van der Waals surface area contributed by atoms with E-state index in [0.29, 0.717) is 5.56 Å². The summed E-state index contributed by atoms with van der Waals surface area (Å²) in [5.41, 5.74) is 1.69. The van der Waals surface area contributed by atoms with Crippen LogP contribution >= 0.6 is 11.8 Å². The zero-order valence-electron chi connectivity index (χ0n) is 11.2. The third kappa shape index (κ3) is 3.05. The second-order valence-electron chi connectivity index (χ2n) is 5.42. The number of hydrogen-bond donors (Lipinski definition) is 1. The molecular formula is C14H19FN2S. The summed E-state index contributed by atoms with van der Waals surface area (Å²) in [5.74, 6) is 0.854. The normalized spacial score (nSPS) is 21.9. The average Bonchev–Trinajstić information content (AvgIpc) is 2.62. The molecule has 2 nitrogen and oxygen atoms in total. The molecule has 0 saturated carbocycles. The fourth-order valence-electron chi connectivity index (χ4n) is 1.80. The highest BCUT2D eigenvalue weighted by atomic mass is 32.2. The summed E-state index contributed by atoms with van der Waals surface area (Å²) in [6, 6.07) is 5.30. The van der Waals surface area contributed by atoms with Crippen molar-refractivity contribution in [2.24, 2.45) is 4.99 Å². The van der Waals surface area contributed by atoms with Gasteiger partial charge in [-0.25, -0.2) is 4.39 Å². The highest BCUT2D eigenvalue weighted by Gasteiger charge is 2.27. The summed E-state index contributed by atoms with van der Waals surface area (Å²) in [7, 11) is 0. The van der Waals surface area contributed by atoms with Crippen LogP contribution in [0.2, 0.25) is 0 Å². The number of aryl methyl sites for hydroxylation is 1. The molecule has 0 aromatic heterocycles. The molecule has 0 amide bonds. The second kappa shape index (κ2) is 4.92. The van der Waals surface area contributed by atoms with Crippen LogP contribution in [0, 0.1) is 12.7 Å². The Balaban J connectivity index is 2.15. The SMILES string of the molecule is Cc1ccc(C(C)N=C2NC(C)(C)CS2)cc1F. The first-order chi connectivity index (χ1) is 8.37. The number of nitrogens with zero attached hydrogens (tertiary/aromatic N) is 1. The maximum atomic E-state index is 13.5. The van der Waals surface area contributed by atoms with Crippen LogP contribution in [0.25, 0.3) is 0 Å². The van der Waals surface area contributed by atoms with Gasteiger partial charge < -0.3 is 5.32 Å². The van der Waals surface area contributed by atoms with E-state index >= 15 is 0 Å². The molecule has 2 rings (SSSR count). The van der Waals surface area contributed by atoms with E-state index in [0.717, 1.165) is 16.5 Å². The van der Waals surface area contributed by atoms with Gasteiger partial charge in [-0.05, 0) is 44.9 Å². The van der Waals surface area contributed by atoms with Gasteiger partial charge in [0.15, 0.2) is 5.17 Å². The van der Waals surface area contributed by atoms with Crippen LogP contribution in [-0.4, -0.2) is 16.5 Å². The van der Waals surface area contributed by atoms with Crippen molar-refractivity contribution in [1.29, 1.82) is 0 Å². The van der Waals surface area contributed by atoms with E-state index in [4.69, 9.17) is 0 Å². The Morgan fingerprint density at radius 3 is 2.72 bits per heavy atom.